The van der Waals surface area contributed by atoms with E-state index in [2.05, 4.69) is 21.2 Å². The fourth-order valence-electron chi connectivity index (χ4n) is 3.91. The second-order valence-electron chi connectivity index (χ2n) is 9.38. The molecule has 0 aliphatic carbocycles. The van der Waals surface area contributed by atoms with Gasteiger partial charge in [-0.1, -0.05) is 70.3 Å². The van der Waals surface area contributed by atoms with Gasteiger partial charge in [0.1, 0.15) is 12.6 Å². The normalized spacial score (nSPS) is 12.1. The molecule has 2 amide bonds. The number of aryl methyl sites for hydroxylation is 2. The average Bonchev–Trinajstić information content (AvgIpc) is 2.90. The average molecular weight is 635 g/mol. The molecule has 10 heteroatoms. The van der Waals surface area contributed by atoms with Gasteiger partial charge in [0.15, 0.2) is 0 Å². The lowest BCUT2D eigenvalue weighted by Crippen LogP contribution is -2.51. The summed E-state index contributed by atoms with van der Waals surface area (Å²) in [7, 11) is -4.15. The molecule has 0 aliphatic rings. The van der Waals surface area contributed by atoms with Gasteiger partial charge in [-0.05, 0) is 74.7 Å². The molecule has 0 aromatic heterocycles. The first-order valence-electron chi connectivity index (χ1n) is 12.6. The summed E-state index contributed by atoms with van der Waals surface area (Å²) < 4.78 is 29.6. The Bertz CT molecular complexity index is 1430. The summed E-state index contributed by atoms with van der Waals surface area (Å²) in [6.45, 7) is 7.33. The smallest absolute Gasteiger partial charge is 0.264 e. The summed E-state index contributed by atoms with van der Waals surface area (Å²) >= 11 is 9.81. The molecule has 0 radical (unpaired) electrons. The van der Waals surface area contributed by atoms with Gasteiger partial charge in [0.25, 0.3) is 10.0 Å². The van der Waals surface area contributed by atoms with Crippen molar-refractivity contribution in [3.8, 4) is 0 Å². The van der Waals surface area contributed by atoms with Crippen molar-refractivity contribution in [2.24, 2.45) is 0 Å². The topological polar surface area (TPSA) is 86.8 Å². The van der Waals surface area contributed by atoms with Crippen LogP contribution < -0.4 is 9.62 Å². The third kappa shape index (κ3) is 7.84. The number of carbonyl (C=O) groups excluding carboxylic acids is 2. The third-order valence-electron chi connectivity index (χ3n) is 6.29. The maximum absolute atomic E-state index is 13.9. The number of hydrogen-bond donors (Lipinski definition) is 1. The van der Waals surface area contributed by atoms with E-state index < -0.39 is 28.5 Å². The van der Waals surface area contributed by atoms with Crippen molar-refractivity contribution in [2.45, 2.75) is 51.6 Å². The van der Waals surface area contributed by atoms with Crippen molar-refractivity contribution in [3.63, 3.8) is 0 Å². The van der Waals surface area contributed by atoms with Crippen LogP contribution >= 0.6 is 27.5 Å². The lowest BCUT2D eigenvalue weighted by molar-refractivity contribution is -0.139. The van der Waals surface area contributed by atoms with Gasteiger partial charge in [-0.25, -0.2) is 8.42 Å². The van der Waals surface area contributed by atoms with E-state index in [-0.39, 0.29) is 23.0 Å². The number of halogens is 2. The molecule has 1 atom stereocenters. The van der Waals surface area contributed by atoms with E-state index in [4.69, 9.17) is 11.6 Å². The Morgan fingerprint density at radius 1 is 1.03 bits per heavy atom. The molecule has 7 nitrogen and oxygen atoms in total. The zero-order valence-corrected chi connectivity index (χ0v) is 25.6. The maximum atomic E-state index is 13.9. The molecule has 1 N–H and O–H groups in total. The highest BCUT2D eigenvalue weighted by molar-refractivity contribution is 9.10. The van der Waals surface area contributed by atoms with Crippen LogP contribution in [0.25, 0.3) is 0 Å². The highest BCUT2D eigenvalue weighted by Crippen LogP contribution is 2.29. The highest BCUT2D eigenvalue weighted by atomic mass is 79.9. The summed E-state index contributed by atoms with van der Waals surface area (Å²) in [5.74, 6) is -0.840. The van der Waals surface area contributed by atoms with Crippen LogP contribution in [0.1, 0.15) is 37.0 Å². The minimum Gasteiger partial charge on any atom is -0.354 e. The van der Waals surface area contributed by atoms with Gasteiger partial charge < -0.3 is 10.2 Å². The minimum atomic E-state index is -4.15. The van der Waals surface area contributed by atoms with Gasteiger partial charge in [-0.2, -0.15) is 0 Å². The maximum Gasteiger partial charge on any atom is 0.264 e. The quantitative estimate of drug-likeness (QED) is 0.286. The summed E-state index contributed by atoms with van der Waals surface area (Å²) in [6, 6.07) is 17.9. The van der Waals surface area contributed by atoms with Crippen LogP contribution in [-0.4, -0.2) is 44.3 Å². The molecule has 208 valence electrons. The predicted octanol–water partition coefficient (Wildman–Crippen LogP) is 5.86. The van der Waals surface area contributed by atoms with Gasteiger partial charge in [0.2, 0.25) is 11.8 Å². The number of benzene rings is 3. The van der Waals surface area contributed by atoms with Crippen molar-refractivity contribution in [3.05, 3.63) is 92.9 Å². The van der Waals surface area contributed by atoms with Crippen LogP contribution in [0, 0.1) is 13.8 Å². The molecule has 0 fully saturated rings. The van der Waals surface area contributed by atoms with E-state index in [9.17, 15) is 18.0 Å². The molecule has 39 heavy (non-hydrogen) atoms. The Morgan fingerprint density at radius 3 is 2.33 bits per heavy atom. The molecule has 0 aliphatic heterocycles. The second kappa shape index (κ2) is 13.5. The van der Waals surface area contributed by atoms with Crippen molar-refractivity contribution in [2.75, 3.05) is 17.4 Å². The molecule has 0 unspecified atom stereocenters. The first-order valence-corrected chi connectivity index (χ1v) is 15.2. The van der Waals surface area contributed by atoms with Crippen LogP contribution in [0.5, 0.6) is 0 Å². The van der Waals surface area contributed by atoms with Gasteiger partial charge in [-0.3, -0.25) is 13.9 Å². The van der Waals surface area contributed by atoms with E-state index >= 15 is 0 Å². The number of rotatable bonds is 11. The van der Waals surface area contributed by atoms with Crippen LogP contribution in [-0.2, 0) is 26.2 Å². The summed E-state index contributed by atoms with van der Waals surface area (Å²) in [5.41, 5.74) is 2.73. The number of nitrogens with zero attached hydrogens (tertiary/aromatic N) is 2. The third-order valence-corrected chi connectivity index (χ3v) is 8.98. The zero-order valence-electron chi connectivity index (χ0n) is 22.4. The molecule has 0 heterocycles. The molecule has 0 saturated heterocycles. The molecule has 3 rings (SSSR count). The van der Waals surface area contributed by atoms with E-state index in [1.165, 1.54) is 23.1 Å². The number of sulfonamides is 1. The van der Waals surface area contributed by atoms with Crippen LogP contribution in [0.4, 0.5) is 5.69 Å². The van der Waals surface area contributed by atoms with E-state index in [0.29, 0.717) is 11.6 Å². The van der Waals surface area contributed by atoms with Crippen molar-refractivity contribution in [1.29, 1.82) is 0 Å². The van der Waals surface area contributed by atoms with Crippen molar-refractivity contribution >= 4 is 55.1 Å². The van der Waals surface area contributed by atoms with Gasteiger partial charge in [-0.15, -0.1) is 0 Å². The first kappa shape index (κ1) is 30.7. The fraction of sp³-hybridized carbons (Fsp3) is 0.310. The number of nitrogens with one attached hydrogen (secondary N) is 1. The molecule has 3 aromatic carbocycles. The molecular formula is C29H33BrClN3O4S. The first-order chi connectivity index (χ1) is 18.4. The van der Waals surface area contributed by atoms with Crippen LogP contribution in [0.2, 0.25) is 5.02 Å². The molecule has 0 saturated carbocycles. The molecule has 0 bridgehead atoms. The number of amides is 2. The van der Waals surface area contributed by atoms with Crippen LogP contribution in [0.3, 0.4) is 0 Å². The van der Waals surface area contributed by atoms with E-state index in [0.717, 1.165) is 31.9 Å². The van der Waals surface area contributed by atoms with Crippen LogP contribution in [0.15, 0.2) is 76.1 Å². The highest BCUT2D eigenvalue weighted by Gasteiger charge is 2.32. The zero-order chi connectivity index (χ0) is 28.7. The lowest BCUT2D eigenvalue weighted by atomic mass is 10.1. The van der Waals surface area contributed by atoms with E-state index in [1.807, 2.05) is 45.0 Å². The Balaban J connectivity index is 2.04. The fourth-order valence-corrected chi connectivity index (χ4v) is 5.94. The number of anilines is 1. The Kier molecular flexibility index (Phi) is 10.6. The Labute approximate surface area is 244 Å². The summed E-state index contributed by atoms with van der Waals surface area (Å²) in [6.07, 6.45) is 0.745. The minimum absolute atomic E-state index is 0.0462. The molecule has 3 aromatic rings. The van der Waals surface area contributed by atoms with Gasteiger partial charge >= 0.3 is 0 Å². The van der Waals surface area contributed by atoms with E-state index in [1.54, 1.807) is 31.2 Å². The Hall–Kier alpha value is -2.88. The Morgan fingerprint density at radius 2 is 1.72 bits per heavy atom. The number of carbonyl (C=O) groups is 2. The lowest BCUT2D eigenvalue weighted by Gasteiger charge is -2.32. The van der Waals surface area contributed by atoms with Gasteiger partial charge in [0.05, 0.1) is 10.6 Å². The summed E-state index contributed by atoms with van der Waals surface area (Å²) in [4.78, 5) is 28.3. The predicted molar refractivity (Wildman–Crippen MR) is 159 cm³/mol. The monoisotopic (exact) mass is 633 g/mol. The van der Waals surface area contributed by atoms with Gasteiger partial charge in [0, 0.05) is 22.6 Å². The molecular weight excluding hydrogens is 602 g/mol. The van der Waals surface area contributed by atoms with Crippen molar-refractivity contribution in [1.82, 2.24) is 10.2 Å². The SMILES string of the molecule is CCCNC(=O)[C@@H](C)N(Cc1cccc(Br)c1)C(=O)CN(c1ccc(C)c(Cl)c1)S(=O)(=O)c1ccc(C)cc1. The largest absolute Gasteiger partial charge is 0.354 e. The summed E-state index contributed by atoms with van der Waals surface area (Å²) in [5, 5.41) is 3.21. The second-order valence-corrected chi connectivity index (χ2v) is 12.6. The van der Waals surface area contributed by atoms with Crippen molar-refractivity contribution < 1.29 is 18.0 Å². The standard InChI is InChI=1S/C29H33BrClN3O4S/c1-5-15-32-29(36)22(4)33(18-23-7-6-8-24(30)16-23)28(35)19-34(25-12-11-21(3)27(31)17-25)39(37,38)26-13-9-20(2)10-14-26/h6-14,16-17,22H,5,15,18-19H2,1-4H3,(H,32,36)/t22-/m1/s1. The number of hydrogen-bond acceptors (Lipinski definition) is 4. The molecule has 0 spiro atoms.